The largest absolute Gasteiger partial charge is 0.454 e. The normalized spacial score (nSPS) is 12.1. The molecule has 1 aromatic heterocycles. The number of hydrogen-bond acceptors (Lipinski definition) is 7. The Hall–Kier alpha value is -3.65. The topological polar surface area (TPSA) is 86.2 Å². The summed E-state index contributed by atoms with van der Waals surface area (Å²) in [5.74, 6) is 0.813. The highest BCUT2D eigenvalue weighted by molar-refractivity contribution is 7.12. The fraction of sp³-hybridized carbons (Fsp3) is 0.0500. The van der Waals surface area contributed by atoms with Crippen molar-refractivity contribution in [3.05, 3.63) is 76.0 Å². The summed E-state index contributed by atoms with van der Waals surface area (Å²) < 4.78 is 15.7. The molecule has 1 amide bonds. The molecule has 0 atom stereocenters. The predicted octanol–water partition coefficient (Wildman–Crippen LogP) is 3.46. The van der Waals surface area contributed by atoms with Crippen LogP contribution >= 0.6 is 11.3 Å². The molecule has 140 valence electrons. The third kappa shape index (κ3) is 4.02. The van der Waals surface area contributed by atoms with E-state index in [1.807, 2.05) is 5.38 Å². The smallest absolute Gasteiger partial charge is 0.353 e. The fourth-order valence-corrected chi connectivity index (χ4v) is 3.04. The first kappa shape index (κ1) is 17.7. The minimum absolute atomic E-state index is 0.150. The van der Waals surface area contributed by atoms with Gasteiger partial charge in [-0.1, -0.05) is 6.07 Å². The number of ether oxygens (including phenoxy) is 3. The number of benzene rings is 2. The standard InChI is InChI=1S/C20H14N2O5S/c23-19(14-5-8-16-17(10-14)26-12-25-16)22-21-11-13-3-6-15(7-4-13)27-20(24)18-2-1-9-28-18/h1-11H,12H2,(H,22,23)/b21-11-. The average Bonchev–Trinajstić information content (AvgIpc) is 3.40. The van der Waals surface area contributed by atoms with Gasteiger partial charge < -0.3 is 14.2 Å². The van der Waals surface area contributed by atoms with Crippen molar-refractivity contribution in [2.24, 2.45) is 5.10 Å². The summed E-state index contributed by atoms with van der Waals surface area (Å²) in [5, 5.41) is 5.75. The van der Waals surface area contributed by atoms with Crippen LogP contribution in [0, 0.1) is 0 Å². The number of esters is 1. The molecule has 1 aliphatic heterocycles. The number of carbonyl (C=O) groups excluding carboxylic acids is 2. The first-order chi connectivity index (χ1) is 13.7. The number of hydrazone groups is 1. The summed E-state index contributed by atoms with van der Waals surface area (Å²) in [6.07, 6.45) is 1.50. The number of amides is 1. The first-order valence-corrected chi connectivity index (χ1v) is 9.16. The molecule has 0 radical (unpaired) electrons. The lowest BCUT2D eigenvalue weighted by molar-refractivity contribution is 0.0739. The Morgan fingerprint density at radius 2 is 1.89 bits per heavy atom. The Morgan fingerprint density at radius 3 is 2.68 bits per heavy atom. The van der Waals surface area contributed by atoms with E-state index in [4.69, 9.17) is 14.2 Å². The highest BCUT2D eigenvalue weighted by Crippen LogP contribution is 2.32. The summed E-state index contributed by atoms with van der Waals surface area (Å²) in [5.41, 5.74) is 3.61. The number of nitrogens with one attached hydrogen (secondary N) is 1. The molecular weight excluding hydrogens is 380 g/mol. The molecule has 0 fully saturated rings. The zero-order chi connectivity index (χ0) is 19.3. The molecule has 28 heavy (non-hydrogen) atoms. The van der Waals surface area contributed by atoms with Gasteiger partial charge in [0.05, 0.1) is 6.21 Å². The SMILES string of the molecule is O=C(N/N=C\c1ccc(OC(=O)c2cccs2)cc1)c1ccc2c(c1)OCO2. The number of rotatable bonds is 5. The summed E-state index contributed by atoms with van der Waals surface area (Å²) in [4.78, 5) is 24.6. The average molecular weight is 394 g/mol. The lowest BCUT2D eigenvalue weighted by Gasteiger charge is -2.03. The Bertz CT molecular complexity index is 1030. The monoisotopic (exact) mass is 394 g/mol. The van der Waals surface area contributed by atoms with Gasteiger partial charge in [0, 0.05) is 5.56 Å². The van der Waals surface area contributed by atoms with E-state index in [9.17, 15) is 9.59 Å². The van der Waals surface area contributed by atoms with E-state index in [1.54, 1.807) is 54.6 Å². The molecule has 0 saturated carbocycles. The Morgan fingerprint density at radius 1 is 1.07 bits per heavy atom. The summed E-state index contributed by atoms with van der Waals surface area (Å²) in [7, 11) is 0. The minimum Gasteiger partial charge on any atom is -0.454 e. The van der Waals surface area contributed by atoms with Gasteiger partial charge in [-0.3, -0.25) is 4.79 Å². The lowest BCUT2D eigenvalue weighted by atomic mass is 10.2. The molecule has 2 heterocycles. The van der Waals surface area contributed by atoms with Gasteiger partial charge in [-0.05, 0) is 59.5 Å². The van der Waals surface area contributed by atoms with Crippen molar-refractivity contribution >= 4 is 29.4 Å². The molecule has 3 aromatic rings. The summed E-state index contributed by atoms with van der Waals surface area (Å²) in [6, 6.07) is 15.2. The Kier molecular flexibility index (Phi) is 5.03. The van der Waals surface area contributed by atoms with Crippen LogP contribution in [0.1, 0.15) is 25.6 Å². The molecular formula is C20H14N2O5S. The molecule has 0 aliphatic carbocycles. The molecule has 1 aliphatic rings. The van der Waals surface area contributed by atoms with Gasteiger partial charge >= 0.3 is 5.97 Å². The van der Waals surface area contributed by atoms with Crippen molar-refractivity contribution in [2.45, 2.75) is 0 Å². The third-order valence-electron chi connectivity index (χ3n) is 3.83. The van der Waals surface area contributed by atoms with E-state index in [-0.39, 0.29) is 12.7 Å². The van der Waals surface area contributed by atoms with Gasteiger partial charge in [-0.2, -0.15) is 5.10 Å². The molecule has 7 nitrogen and oxygen atoms in total. The maximum absolute atomic E-state index is 12.1. The molecule has 0 unspecified atom stereocenters. The van der Waals surface area contributed by atoms with Crippen molar-refractivity contribution in [2.75, 3.05) is 6.79 Å². The number of thiophene rings is 1. The zero-order valence-corrected chi connectivity index (χ0v) is 15.3. The van der Waals surface area contributed by atoms with Crippen LogP contribution in [0.5, 0.6) is 17.2 Å². The quantitative estimate of drug-likeness (QED) is 0.310. The zero-order valence-electron chi connectivity index (χ0n) is 14.5. The number of fused-ring (bicyclic) bond motifs is 1. The fourth-order valence-electron chi connectivity index (χ4n) is 2.44. The molecule has 0 spiro atoms. The third-order valence-corrected chi connectivity index (χ3v) is 4.68. The maximum atomic E-state index is 12.1. The van der Waals surface area contributed by atoms with Crippen LogP contribution < -0.4 is 19.6 Å². The van der Waals surface area contributed by atoms with Crippen LogP contribution in [0.4, 0.5) is 0 Å². The number of carbonyl (C=O) groups is 2. The van der Waals surface area contributed by atoms with Crippen molar-refractivity contribution in [1.29, 1.82) is 0 Å². The summed E-state index contributed by atoms with van der Waals surface area (Å²) in [6.45, 7) is 0.150. The van der Waals surface area contributed by atoms with Gasteiger partial charge in [0.1, 0.15) is 10.6 Å². The molecule has 2 aromatic carbocycles. The highest BCUT2D eigenvalue weighted by atomic mass is 32.1. The van der Waals surface area contributed by atoms with Gasteiger partial charge in [0.25, 0.3) is 5.91 Å². The van der Waals surface area contributed by atoms with E-state index in [2.05, 4.69) is 10.5 Å². The van der Waals surface area contributed by atoms with Crippen molar-refractivity contribution in [3.63, 3.8) is 0 Å². The molecule has 8 heteroatoms. The minimum atomic E-state index is -0.396. The Balaban J connectivity index is 1.33. The Labute approximate surface area is 164 Å². The van der Waals surface area contributed by atoms with Gasteiger partial charge in [-0.15, -0.1) is 11.3 Å². The van der Waals surface area contributed by atoms with Gasteiger partial charge in [-0.25, -0.2) is 10.2 Å². The summed E-state index contributed by atoms with van der Waals surface area (Å²) >= 11 is 1.32. The highest BCUT2D eigenvalue weighted by Gasteiger charge is 2.15. The van der Waals surface area contributed by atoms with E-state index in [1.165, 1.54) is 17.6 Å². The first-order valence-electron chi connectivity index (χ1n) is 8.28. The second-order valence-electron chi connectivity index (χ2n) is 5.70. The van der Waals surface area contributed by atoms with Crippen LogP contribution in [0.25, 0.3) is 0 Å². The van der Waals surface area contributed by atoms with Crippen LogP contribution in [-0.4, -0.2) is 24.9 Å². The van der Waals surface area contributed by atoms with Crippen molar-refractivity contribution < 1.29 is 23.8 Å². The van der Waals surface area contributed by atoms with E-state index in [0.717, 1.165) is 5.56 Å². The van der Waals surface area contributed by atoms with Crippen LogP contribution in [-0.2, 0) is 0 Å². The lowest BCUT2D eigenvalue weighted by Crippen LogP contribution is -2.17. The van der Waals surface area contributed by atoms with E-state index >= 15 is 0 Å². The molecule has 4 rings (SSSR count). The van der Waals surface area contributed by atoms with Crippen LogP contribution in [0.15, 0.2) is 65.1 Å². The van der Waals surface area contributed by atoms with Crippen molar-refractivity contribution in [1.82, 2.24) is 5.43 Å². The van der Waals surface area contributed by atoms with E-state index < -0.39 is 5.97 Å². The number of hydrogen-bond donors (Lipinski definition) is 1. The molecule has 0 bridgehead atoms. The van der Waals surface area contributed by atoms with Crippen molar-refractivity contribution in [3.8, 4) is 17.2 Å². The molecule has 0 saturated heterocycles. The second-order valence-corrected chi connectivity index (χ2v) is 6.65. The number of nitrogens with zero attached hydrogens (tertiary/aromatic N) is 1. The van der Waals surface area contributed by atoms with E-state index in [0.29, 0.717) is 27.7 Å². The second kappa shape index (κ2) is 7.93. The van der Waals surface area contributed by atoms with Gasteiger partial charge in [0.15, 0.2) is 11.5 Å². The maximum Gasteiger partial charge on any atom is 0.353 e. The predicted molar refractivity (Wildman–Crippen MR) is 103 cm³/mol. The van der Waals surface area contributed by atoms with Gasteiger partial charge in [0.2, 0.25) is 6.79 Å². The van der Waals surface area contributed by atoms with Crippen LogP contribution in [0.2, 0.25) is 0 Å². The van der Waals surface area contributed by atoms with Crippen LogP contribution in [0.3, 0.4) is 0 Å². The molecule has 1 N–H and O–H groups in total.